The van der Waals surface area contributed by atoms with Crippen LogP contribution in [0.5, 0.6) is 11.5 Å². The first kappa shape index (κ1) is 12.8. The lowest BCUT2D eigenvalue weighted by atomic mass is 10.2. The molecule has 0 bridgehead atoms. The molecule has 1 heterocycles. The molecule has 5 heteroatoms. The van der Waals surface area contributed by atoms with Crippen LogP contribution in [0.2, 0.25) is 0 Å². The van der Waals surface area contributed by atoms with Gasteiger partial charge < -0.3 is 9.47 Å². The van der Waals surface area contributed by atoms with Gasteiger partial charge in [-0.15, -0.1) is 0 Å². The number of rotatable bonds is 4. The van der Waals surface area contributed by atoms with Crippen molar-refractivity contribution in [3.8, 4) is 11.5 Å². The van der Waals surface area contributed by atoms with Crippen LogP contribution in [0.4, 0.5) is 4.39 Å². The average molecular weight is 312 g/mol. The summed E-state index contributed by atoms with van der Waals surface area (Å²) in [5, 5.41) is 0. The maximum absolute atomic E-state index is 13.3. The fraction of sp³-hybridized carbons (Fsp3) is 0.154. The highest BCUT2D eigenvalue weighted by Crippen LogP contribution is 2.24. The first-order valence-electron chi connectivity index (χ1n) is 5.26. The molecule has 94 valence electrons. The van der Waals surface area contributed by atoms with Gasteiger partial charge in [-0.2, -0.15) is 4.39 Å². The molecule has 0 N–H and O–H groups in total. The third-order valence-corrected chi connectivity index (χ3v) is 2.84. The number of hydrogen-bond donors (Lipinski definition) is 0. The van der Waals surface area contributed by atoms with Crippen molar-refractivity contribution < 1.29 is 13.9 Å². The van der Waals surface area contributed by atoms with Crippen molar-refractivity contribution in [3.05, 3.63) is 52.5 Å². The minimum absolute atomic E-state index is 0.125. The summed E-state index contributed by atoms with van der Waals surface area (Å²) < 4.78 is 24.8. The topological polar surface area (TPSA) is 31.4 Å². The van der Waals surface area contributed by atoms with Crippen LogP contribution < -0.4 is 9.47 Å². The second kappa shape index (κ2) is 5.82. The van der Waals surface area contributed by atoms with Gasteiger partial charge in [0.2, 0.25) is 0 Å². The molecule has 2 rings (SSSR count). The zero-order valence-corrected chi connectivity index (χ0v) is 11.3. The molecule has 1 aromatic heterocycles. The summed E-state index contributed by atoms with van der Waals surface area (Å²) in [6, 6.07) is 8.71. The molecule has 1 aromatic carbocycles. The predicted octanol–water partition coefficient (Wildman–Crippen LogP) is 3.57. The number of methoxy groups -OCH3 is 1. The van der Waals surface area contributed by atoms with Crippen molar-refractivity contribution in [2.75, 3.05) is 7.11 Å². The molecule has 18 heavy (non-hydrogen) atoms. The minimum Gasteiger partial charge on any atom is -0.496 e. The fourth-order valence-electron chi connectivity index (χ4n) is 1.49. The van der Waals surface area contributed by atoms with Crippen LogP contribution in [0.15, 0.2) is 41.0 Å². The molecule has 0 spiro atoms. The highest BCUT2D eigenvalue weighted by molar-refractivity contribution is 9.10. The highest BCUT2D eigenvalue weighted by atomic mass is 79.9. The Morgan fingerprint density at radius 1 is 1.28 bits per heavy atom. The molecule has 0 aliphatic rings. The predicted molar refractivity (Wildman–Crippen MR) is 69.2 cm³/mol. The average Bonchev–Trinajstić information content (AvgIpc) is 2.38. The van der Waals surface area contributed by atoms with Crippen LogP contribution in [-0.2, 0) is 6.61 Å². The maximum atomic E-state index is 13.3. The van der Waals surface area contributed by atoms with E-state index in [0.29, 0.717) is 5.75 Å². The van der Waals surface area contributed by atoms with Crippen LogP contribution in [0, 0.1) is 5.95 Å². The largest absolute Gasteiger partial charge is 0.496 e. The number of pyridine rings is 1. The highest BCUT2D eigenvalue weighted by Gasteiger charge is 2.07. The van der Waals surface area contributed by atoms with Gasteiger partial charge in [0.05, 0.1) is 7.11 Å². The van der Waals surface area contributed by atoms with Crippen LogP contribution >= 0.6 is 15.9 Å². The smallest absolute Gasteiger partial charge is 0.255 e. The van der Waals surface area contributed by atoms with Gasteiger partial charge in [-0.3, -0.25) is 0 Å². The van der Waals surface area contributed by atoms with Crippen LogP contribution in [0.25, 0.3) is 0 Å². The fourth-order valence-corrected chi connectivity index (χ4v) is 1.90. The summed E-state index contributed by atoms with van der Waals surface area (Å²) in [5.41, 5.74) is 0.829. The van der Waals surface area contributed by atoms with Crippen molar-refractivity contribution in [2.24, 2.45) is 0 Å². The number of aromatic nitrogens is 1. The summed E-state index contributed by atoms with van der Waals surface area (Å²) in [4.78, 5) is 3.52. The molecule has 0 amide bonds. The lowest BCUT2D eigenvalue weighted by Gasteiger charge is -2.10. The van der Waals surface area contributed by atoms with E-state index in [0.717, 1.165) is 10.0 Å². The van der Waals surface area contributed by atoms with Gasteiger partial charge in [-0.1, -0.05) is 15.9 Å². The van der Waals surface area contributed by atoms with Gasteiger partial charge in [0.25, 0.3) is 5.95 Å². The summed E-state index contributed by atoms with van der Waals surface area (Å²) in [7, 11) is 1.58. The summed E-state index contributed by atoms with van der Waals surface area (Å²) in [6.45, 7) is 0.214. The maximum Gasteiger partial charge on any atom is 0.255 e. The molecule has 0 fully saturated rings. The van der Waals surface area contributed by atoms with E-state index in [9.17, 15) is 4.39 Å². The summed E-state index contributed by atoms with van der Waals surface area (Å²) in [5.74, 6) is 0.202. The zero-order valence-electron chi connectivity index (χ0n) is 9.69. The van der Waals surface area contributed by atoms with E-state index in [1.165, 1.54) is 12.3 Å². The van der Waals surface area contributed by atoms with E-state index in [4.69, 9.17) is 9.47 Å². The third kappa shape index (κ3) is 2.98. The van der Waals surface area contributed by atoms with Gasteiger partial charge in [0.1, 0.15) is 12.4 Å². The van der Waals surface area contributed by atoms with Gasteiger partial charge in [-0.05, 0) is 30.3 Å². The van der Waals surface area contributed by atoms with Gasteiger partial charge in [0, 0.05) is 16.2 Å². The quantitative estimate of drug-likeness (QED) is 0.809. The second-order valence-electron chi connectivity index (χ2n) is 3.54. The van der Waals surface area contributed by atoms with Gasteiger partial charge in [0.15, 0.2) is 5.75 Å². The third-order valence-electron chi connectivity index (χ3n) is 2.35. The molecular weight excluding hydrogens is 301 g/mol. The molecule has 0 saturated carbocycles. The Bertz CT molecular complexity index is 548. The van der Waals surface area contributed by atoms with Crippen LogP contribution in [0.1, 0.15) is 5.56 Å². The molecule has 0 saturated heterocycles. The molecule has 3 nitrogen and oxygen atoms in total. The normalized spacial score (nSPS) is 10.2. The number of halogens is 2. The van der Waals surface area contributed by atoms with E-state index in [-0.39, 0.29) is 12.4 Å². The van der Waals surface area contributed by atoms with E-state index < -0.39 is 5.95 Å². The molecule has 0 aliphatic carbocycles. The lowest BCUT2D eigenvalue weighted by Crippen LogP contribution is -2.00. The first-order chi connectivity index (χ1) is 8.70. The van der Waals surface area contributed by atoms with Crippen molar-refractivity contribution >= 4 is 15.9 Å². The number of nitrogens with zero attached hydrogens (tertiary/aromatic N) is 1. The molecule has 2 aromatic rings. The second-order valence-corrected chi connectivity index (χ2v) is 4.45. The Kier molecular flexibility index (Phi) is 4.15. The van der Waals surface area contributed by atoms with Crippen molar-refractivity contribution in [1.29, 1.82) is 0 Å². The summed E-state index contributed by atoms with van der Waals surface area (Å²) >= 11 is 3.37. The Labute approximate surface area is 113 Å². The number of benzene rings is 1. The van der Waals surface area contributed by atoms with Gasteiger partial charge in [-0.25, -0.2) is 4.98 Å². The monoisotopic (exact) mass is 311 g/mol. The molecule has 0 radical (unpaired) electrons. The zero-order chi connectivity index (χ0) is 13.0. The Hall–Kier alpha value is -1.62. The van der Waals surface area contributed by atoms with Crippen molar-refractivity contribution in [2.45, 2.75) is 6.61 Å². The SMILES string of the molecule is COc1ccc(Br)cc1COc1cccnc1F. The molecule has 0 atom stereocenters. The van der Waals surface area contributed by atoms with E-state index in [1.807, 2.05) is 18.2 Å². The Morgan fingerprint density at radius 3 is 2.83 bits per heavy atom. The Morgan fingerprint density at radius 2 is 2.11 bits per heavy atom. The summed E-state index contributed by atoms with van der Waals surface area (Å²) in [6.07, 6.45) is 1.38. The van der Waals surface area contributed by atoms with E-state index in [2.05, 4.69) is 20.9 Å². The standard InChI is InChI=1S/C13H11BrFNO2/c1-17-11-5-4-10(14)7-9(11)8-18-12-3-2-6-16-13(12)15/h2-7H,8H2,1H3. The van der Waals surface area contributed by atoms with Crippen LogP contribution in [0.3, 0.4) is 0 Å². The Balaban J connectivity index is 2.15. The van der Waals surface area contributed by atoms with Gasteiger partial charge >= 0.3 is 0 Å². The van der Waals surface area contributed by atoms with E-state index in [1.54, 1.807) is 13.2 Å². The molecule has 0 unspecified atom stereocenters. The number of hydrogen-bond acceptors (Lipinski definition) is 3. The minimum atomic E-state index is -0.619. The number of ether oxygens (including phenoxy) is 2. The molecular formula is C13H11BrFNO2. The lowest BCUT2D eigenvalue weighted by molar-refractivity contribution is 0.278. The van der Waals surface area contributed by atoms with Crippen molar-refractivity contribution in [1.82, 2.24) is 4.98 Å². The van der Waals surface area contributed by atoms with Crippen LogP contribution in [-0.4, -0.2) is 12.1 Å². The van der Waals surface area contributed by atoms with E-state index >= 15 is 0 Å². The molecule has 0 aliphatic heterocycles. The van der Waals surface area contributed by atoms with Crippen molar-refractivity contribution in [3.63, 3.8) is 0 Å². The first-order valence-corrected chi connectivity index (χ1v) is 6.05.